The number of hydrogen-bond acceptors (Lipinski definition) is 3. The van der Waals surface area contributed by atoms with Crippen molar-refractivity contribution in [1.29, 1.82) is 0 Å². The summed E-state index contributed by atoms with van der Waals surface area (Å²) in [6.45, 7) is 3.88. The van der Waals surface area contributed by atoms with E-state index in [1.807, 2.05) is 12.1 Å². The molecule has 2 aliphatic rings. The van der Waals surface area contributed by atoms with E-state index < -0.39 is 0 Å². The zero-order valence-electron chi connectivity index (χ0n) is 12.5. The summed E-state index contributed by atoms with van der Waals surface area (Å²) < 4.78 is 5.33. The van der Waals surface area contributed by atoms with Crippen molar-refractivity contribution >= 4 is 17.3 Å². The quantitative estimate of drug-likeness (QED) is 0.926. The molecule has 21 heavy (non-hydrogen) atoms. The summed E-state index contributed by atoms with van der Waals surface area (Å²) in [5.41, 5.74) is 2.16. The van der Waals surface area contributed by atoms with Crippen molar-refractivity contribution in [1.82, 2.24) is 0 Å². The molecular weight excluding hydrogens is 264 g/mol. The Balaban J connectivity index is 1.50. The first kappa shape index (κ1) is 14.4. The molecule has 0 spiro atoms. The number of anilines is 2. The lowest BCUT2D eigenvalue weighted by Crippen LogP contribution is -2.22. The molecule has 0 bridgehead atoms. The van der Waals surface area contributed by atoms with Gasteiger partial charge in [0.05, 0.1) is 0 Å². The molecule has 2 aliphatic heterocycles. The van der Waals surface area contributed by atoms with Crippen molar-refractivity contribution in [2.75, 3.05) is 36.5 Å². The van der Waals surface area contributed by atoms with Gasteiger partial charge in [0.25, 0.3) is 0 Å². The van der Waals surface area contributed by atoms with Gasteiger partial charge in [-0.05, 0) is 55.9 Å². The second-order valence-electron chi connectivity index (χ2n) is 6.05. The van der Waals surface area contributed by atoms with E-state index in [9.17, 15) is 4.79 Å². The maximum absolute atomic E-state index is 12.1. The lowest BCUT2D eigenvalue weighted by molar-refractivity contribution is -0.117. The number of carbonyl (C=O) groups excluding carboxylic acids is 1. The van der Waals surface area contributed by atoms with Crippen molar-refractivity contribution in [2.24, 2.45) is 5.92 Å². The van der Waals surface area contributed by atoms with Crippen molar-refractivity contribution in [2.45, 2.75) is 32.1 Å². The molecule has 0 atom stereocenters. The summed E-state index contributed by atoms with van der Waals surface area (Å²) in [6, 6.07) is 8.23. The Morgan fingerprint density at radius 1 is 1.14 bits per heavy atom. The third-order valence-corrected chi connectivity index (χ3v) is 4.44. The fourth-order valence-electron chi connectivity index (χ4n) is 3.16. The summed E-state index contributed by atoms with van der Waals surface area (Å²) in [5.74, 6) is 0.596. The lowest BCUT2D eigenvalue weighted by Gasteiger charge is -2.21. The van der Waals surface area contributed by atoms with Crippen LogP contribution in [0.1, 0.15) is 32.1 Å². The minimum absolute atomic E-state index is 0.121. The largest absolute Gasteiger partial charge is 0.381 e. The van der Waals surface area contributed by atoms with Crippen molar-refractivity contribution in [3.8, 4) is 0 Å². The van der Waals surface area contributed by atoms with Crippen LogP contribution < -0.4 is 10.2 Å². The van der Waals surface area contributed by atoms with Gasteiger partial charge in [0.1, 0.15) is 0 Å². The van der Waals surface area contributed by atoms with Crippen LogP contribution in [0, 0.1) is 5.92 Å². The Bertz CT molecular complexity index is 460. The Hall–Kier alpha value is -1.55. The normalized spacial score (nSPS) is 19.7. The molecule has 114 valence electrons. The number of nitrogens with one attached hydrogen (secondary N) is 1. The molecule has 1 amide bonds. The Morgan fingerprint density at radius 2 is 1.81 bits per heavy atom. The first-order valence-corrected chi connectivity index (χ1v) is 8.04. The molecule has 0 aromatic heterocycles. The van der Waals surface area contributed by atoms with Crippen molar-refractivity contribution in [3.05, 3.63) is 24.3 Å². The van der Waals surface area contributed by atoms with Crippen LogP contribution in [-0.2, 0) is 9.53 Å². The number of hydrogen-bond donors (Lipinski definition) is 1. The van der Waals surface area contributed by atoms with Gasteiger partial charge in [0.2, 0.25) is 5.91 Å². The second kappa shape index (κ2) is 6.94. The minimum atomic E-state index is 0.121. The van der Waals surface area contributed by atoms with E-state index in [1.165, 1.54) is 18.5 Å². The van der Waals surface area contributed by atoms with Crippen LogP contribution in [0.3, 0.4) is 0 Å². The summed E-state index contributed by atoms with van der Waals surface area (Å²) in [4.78, 5) is 14.5. The summed E-state index contributed by atoms with van der Waals surface area (Å²) in [7, 11) is 0. The smallest absolute Gasteiger partial charge is 0.224 e. The lowest BCUT2D eigenvalue weighted by atomic mass is 9.96. The Kier molecular flexibility index (Phi) is 4.76. The minimum Gasteiger partial charge on any atom is -0.381 e. The SMILES string of the molecule is O=C(CC1CCOCC1)Nc1ccc(N2CCCC2)cc1. The van der Waals surface area contributed by atoms with E-state index in [0.717, 1.165) is 44.8 Å². The number of nitrogens with zero attached hydrogens (tertiary/aromatic N) is 1. The number of amides is 1. The number of rotatable bonds is 4. The molecule has 4 heteroatoms. The predicted octanol–water partition coefficient (Wildman–Crippen LogP) is 3.04. The first-order chi connectivity index (χ1) is 10.3. The van der Waals surface area contributed by atoms with Gasteiger partial charge in [-0.15, -0.1) is 0 Å². The molecule has 1 aromatic rings. The molecule has 3 rings (SSSR count). The van der Waals surface area contributed by atoms with Crippen LogP contribution in [-0.4, -0.2) is 32.2 Å². The highest BCUT2D eigenvalue weighted by Gasteiger charge is 2.17. The van der Waals surface area contributed by atoms with Gasteiger partial charge in [0.15, 0.2) is 0 Å². The predicted molar refractivity (Wildman–Crippen MR) is 84.7 cm³/mol. The summed E-state index contributed by atoms with van der Waals surface area (Å²) in [5, 5.41) is 3.01. The third-order valence-electron chi connectivity index (χ3n) is 4.44. The number of carbonyl (C=O) groups is 1. The van der Waals surface area contributed by atoms with E-state index in [0.29, 0.717) is 12.3 Å². The number of ether oxygens (including phenoxy) is 1. The van der Waals surface area contributed by atoms with E-state index in [-0.39, 0.29) is 5.91 Å². The highest BCUT2D eigenvalue weighted by atomic mass is 16.5. The van der Waals surface area contributed by atoms with Crippen LogP contribution in [0.25, 0.3) is 0 Å². The average Bonchev–Trinajstić information content (AvgIpc) is 3.03. The number of benzene rings is 1. The average molecular weight is 288 g/mol. The molecule has 4 nitrogen and oxygen atoms in total. The van der Waals surface area contributed by atoms with Crippen molar-refractivity contribution in [3.63, 3.8) is 0 Å². The van der Waals surface area contributed by atoms with Crippen molar-refractivity contribution < 1.29 is 9.53 Å². The van der Waals surface area contributed by atoms with E-state index in [2.05, 4.69) is 22.3 Å². The molecule has 0 unspecified atom stereocenters. The molecule has 2 heterocycles. The standard InChI is InChI=1S/C17H24N2O2/c20-17(13-14-7-11-21-12-8-14)18-15-3-5-16(6-4-15)19-9-1-2-10-19/h3-6,14H,1-2,7-13H2,(H,18,20). The van der Waals surface area contributed by atoms with Gasteiger partial charge >= 0.3 is 0 Å². The zero-order chi connectivity index (χ0) is 14.5. The van der Waals surface area contributed by atoms with Crippen LogP contribution in [0.4, 0.5) is 11.4 Å². The molecule has 1 aromatic carbocycles. The maximum Gasteiger partial charge on any atom is 0.224 e. The highest BCUT2D eigenvalue weighted by molar-refractivity contribution is 5.91. The molecule has 1 N–H and O–H groups in total. The van der Waals surface area contributed by atoms with Crippen LogP contribution in [0.5, 0.6) is 0 Å². The molecule has 0 radical (unpaired) electrons. The van der Waals surface area contributed by atoms with Crippen LogP contribution in [0.2, 0.25) is 0 Å². The first-order valence-electron chi connectivity index (χ1n) is 8.04. The monoisotopic (exact) mass is 288 g/mol. The van der Waals surface area contributed by atoms with Crippen LogP contribution >= 0.6 is 0 Å². The molecule has 0 saturated carbocycles. The fraction of sp³-hybridized carbons (Fsp3) is 0.588. The maximum atomic E-state index is 12.1. The van der Waals surface area contributed by atoms with Gasteiger partial charge in [-0.2, -0.15) is 0 Å². The Labute approximate surface area is 126 Å². The Morgan fingerprint density at radius 3 is 2.48 bits per heavy atom. The zero-order valence-corrected chi connectivity index (χ0v) is 12.5. The van der Waals surface area contributed by atoms with E-state index >= 15 is 0 Å². The van der Waals surface area contributed by atoms with Gasteiger partial charge in [-0.25, -0.2) is 0 Å². The summed E-state index contributed by atoms with van der Waals surface area (Å²) in [6.07, 6.45) is 5.17. The van der Waals surface area contributed by atoms with Crippen LogP contribution in [0.15, 0.2) is 24.3 Å². The van der Waals surface area contributed by atoms with Gasteiger partial charge in [-0.1, -0.05) is 0 Å². The van der Waals surface area contributed by atoms with E-state index in [4.69, 9.17) is 4.74 Å². The molecule has 0 aliphatic carbocycles. The van der Waals surface area contributed by atoms with Gasteiger partial charge in [-0.3, -0.25) is 4.79 Å². The summed E-state index contributed by atoms with van der Waals surface area (Å²) >= 11 is 0. The highest BCUT2D eigenvalue weighted by Crippen LogP contribution is 2.23. The molecule has 2 saturated heterocycles. The van der Waals surface area contributed by atoms with Gasteiger partial charge < -0.3 is 15.0 Å². The third kappa shape index (κ3) is 3.97. The van der Waals surface area contributed by atoms with E-state index in [1.54, 1.807) is 0 Å². The van der Waals surface area contributed by atoms with Gasteiger partial charge in [0, 0.05) is 44.1 Å². The second-order valence-corrected chi connectivity index (χ2v) is 6.05. The topological polar surface area (TPSA) is 41.6 Å². The molecule has 2 fully saturated rings. The molecular formula is C17H24N2O2. The fourth-order valence-corrected chi connectivity index (χ4v) is 3.16.